The molecule has 1 aliphatic carbocycles. The number of ketones is 2. The van der Waals surface area contributed by atoms with Crippen LogP contribution >= 0.6 is 11.8 Å². The molecular formula is C31H52N2O16S. The van der Waals surface area contributed by atoms with Crippen molar-refractivity contribution in [1.82, 2.24) is 10.6 Å². The van der Waals surface area contributed by atoms with Crippen LogP contribution in [-0.4, -0.2) is 188 Å². The standard InChI is InChI=1S/C31H52N2O16S/c1-5-44-28-17(22(39)25(28)42)32-8-10-50-9-6-7-15-27(48-31-26(43)24(41)19(36)12(2)46-31)29(20(37)13(3)45-15)49-30-18(33-14(4)35)23(40)21(38)16(11-34)47-30/h12-13,15-21,23-24,26-32,34,36-38,40-41,43H,5-11H2,1-4H3,(H,33,35)/t12-,13-,15-,16+,17?,18+,19-,20-,21+,23+,24+,26+,27-,28?,29+,30-,31-/m0/s1. The number of hydrogen-bond acceptors (Lipinski definition) is 18. The minimum absolute atomic E-state index is 0.317. The summed E-state index contributed by atoms with van der Waals surface area (Å²) < 4.78 is 35.3. The second-order valence-electron chi connectivity index (χ2n) is 13.0. The molecule has 288 valence electrons. The Labute approximate surface area is 294 Å². The topological polar surface area (TPSA) is 272 Å². The molecular weight excluding hydrogens is 688 g/mol. The number of amides is 1. The fraction of sp³-hybridized carbons (Fsp3) is 0.903. The lowest BCUT2D eigenvalue weighted by molar-refractivity contribution is -0.359. The molecule has 19 heteroatoms. The van der Waals surface area contributed by atoms with E-state index in [0.717, 1.165) is 0 Å². The molecule has 3 heterocycles. The van der Waals surface area contributed by atoms with Gasteiger partial charge in [0, 0.05) is 25.8 Å². The summed E-state index contributed by atoms with van der Waals surface area (Å²) >= 11 is 1.58. The Hall–Kier alpha value is -1.40. The zero-order chi connectivity index (χ0) is 36.9. The smallest absolute Gasteiger partial charge is 0.230 e. The fourth-order valence-corrected chi connectivity index (χ4v) is 7.33. The third kappa shape index (κ3) is 9.39. The highest BCUT2D eigenvalue weighted by Gasteiger charge is 2.53. The molecule has 18 nitrogen and oxygen atoms in total. The van der Waals surface area contributed by atoms with Crippen molar-refractivity contribution in [2.24, 2.45) is 0 Å². The number of ether oxygens (including phenoxy) is 6. The SMILES string of the molecule is CCOC1C(=O)C(=O)C1NCCSCCC[C@@H]1O[C@@H](C)[C@H](O)[C@@H](O[C@@H]2O[C@H](CO)[C@@H](O)[C@H](O)[C@H]2NC(C)=O)[C@H]1O[C@@H]1O[C@@H](C)[C@H](O)[C@@H](O)[C@H]1O. The van der Waals surface area contributed by atoms with Crippen molar-refractivity contribution < 1.29 is 78.6 Å². The van der Waals surface area contributed by atoms with E-state index in [1.54, 1.807) is 25.6 Å². The van der Waals surface area contributed by atoms with E-state index in [2.05, 4.69) is 10.6 Å². The van der Waals surface area contributed by atoms with Crippen molar-refractivity contribution in [2.45, 2.75) is 145 Å². The van der Waals surface area contributed by atoms with Gasteiger partial charge in [0.1, 0.15) is 73.1 Å². The van der Waals surface area contributed by atoms with E-state index in [9.17, 15) is 50.1 Å². The van der Waals surface area contributed by atoms with Gasteiger partial charge in [-0.1, -0.05) is 0 Å². The van der Waals surface area contributed by atoms with Crippen LogP contribution in [0.15, 0.2) is 0 Å². The summed E-state index contributed by atoms with van der Waals surface area (Å²) in [4.78, 5) is 35.6. The van der Waals surface area contributed by atoms with Crippen LogP contribution in [0.25, 0.3) is 0 Å². The van der Waals surface area contributed by atoms with Crippen LogP contribution < -0.4 is 10.6 Å². The Bertz CT molecular complexity index is 1140. The second-order valence-corrected chi connectivity index (χ2v) is 14.2. The third-order valence-corrected chi connectivity index (χ3v) is 10.4. The van der Waals surface area contributed by atoms with E-state index in [0.29, 0.717) is 37.5 Å². The lowest BCUT2D eigenvalue weighted by Gasteiger charge is -2.49. The molecule has 4 fully saturated rings. The van der Waals surface area contributed by atoms with Crippen LogP contribution in [0.2, 0.25) is 0 Å². The van der Waals surface area contributed by atoms with Crippen LogP contribution in [0.4, 0.5) is 0 Å². The predicted molar refractivity (Wildman–Crippen MR) is 172 cm³/mol. The third-order valence-electron chi connectivity index (χ3n) is 9.36. The van der Waals surface area contributed by atoms with Gasteiger partial charge in [0.2, 0.25) is 17.5 Å². The second kappa shape index (κ2) is 18.6. The van der Waals surface area contributed by atoms with Gasteiger partial charge in [-0.3, -0.25) is 14.4 Å². The van der Waals surface area contributed by atoms with Crippen LogP contribution in [0.3, 0.4) is 0 Å². The van der Waals surface area contributed by atoms with Crippen LogP contribution in [-0.2, 0) is 42.8 Å². The molecule has 4 aliphatic rings. The van der Waals surface area contributed by atoms with Gasteiger partial charge in [0.15, 0.2) is 12.6 Å². The first-order valence-corrected chi connectivity index (χ1v) is 18.1. The lowest BCUT2D eigenvalue weighted by Crippen LogP contribution is -2.68. The maximum absolute atomic E-state index is 12.0. The molecule has 3 saturated heterocycles. The van der Waals surface area contributed by atoms with E-state index in [4.69, 9.17) is 28.4 Å². The highest BCUT2D eigenvalue weighted by Crippen LogP contribution is 2.35. The molecule has 0 radical (unpaired) electrons. The monoisotopic (exact) mass is 740 g/mol. The lowest BCUT2D eigenvalue weighted by atomic mass is 9.85. The van der Waals surface area contributed by atoms with E-state index in [1.807, 2.05) is 0 Å². The van der Waals surface area contributed by atoms with Gasteiger partial charge in [0.05, 0.1) is 24.9 Å². The molecule has 9 N–H and O–H groups in total. The van der Waals surface area contributed by atoms with E-state index in [-0.39, 0.29) is 0 Å². The molecule has 4 rings (SSSR count). The summed E-state index contributed by atoms with van der Waals surface area (Å²) in [6, 6.07) is -1.98. The zero-order valence-corrected chi connectivity index (χ0v) is 29.3. The average Bonchev–Trinajstić information content (AvgIpc) is 3.09. The first-order valence-electron chi connectivity index (χ1n) is 17.0. The summed E-state index contributed by atoms with van der Waals surface area (Å²) in [6.45, 7) is 6.09. The first-order chi connectivity index (χ1) is 23.7. The summed E-state index contributed by atoms with van der Waals surface area (Å²) in [5, 5.41) is 79.3. The summed E-state index contributed by atoms with van der Waals surface area (Å²) in [5.74, 6) is -0.358. The number of carbonyl (C=O) groups is 3. The number of thioether (sulfide) groups is 1. The first kappa shape index (κ1) is 41.4. The fourth-order valence-electron chi connectivity index (χ4n) is 6.50. The molecule has 0 spiro atoms. The van der Waals surface area contributed by atoms with E-state index in [1.165, 1.54) is 13.8 Å². The van der Waals surface area contributed by atoms with Crippen molar-refractivity contribution >= 4 is 29.2 Å². The molecule has 1 amide bonds. The maximum Gasteiger partial charge on any atom is 0.230 e. The number of aliphatic hydroxyl groups excluding tert-OH is 7. The van der Waals surface area contributed by atoms with E-state index >= 15 is 0 Å². The highest BCUT2D eigenvalue weighted by molar-refractivity contribution is 7.99. The van der Waals surface area contributed by atoms with Gasteiger partial charge in [-0.05, 0) is 39.4 Å². The summed E-state index contributed by atoms with van der Waals surface area (Å²) in [6.07, 6.45) is -18.6. The van der Waals surface area contributed by atoms with Gasteiger partial charge < -0.3 is 74.8 Å². The molecule has 17 atom stereocenters. The average molecular weight is 741 g/mol. The van der Waals surface area contributed by atoms with Gasteiger partial charge in [-0.2, -0.15) is 11.8 Å². The van der Waals surface area contributed by atoms with Crippen molar-refractivity contribution in [3.63, 3.8) is 0 Å². The number of hydrogen-bond donors (Lipinski definition) is 9. The Morgan fingerprint density at radius 1 is 0.800 bits per heavy atom. The summed E-state index contributed by atoms with van der Waals surface area (Å²) in [5.41, 5.74) is 0. The van der Waals surface area contributed by atoms with Crippen molar-refractivity contribution in [1.29, 1.82) is 0 Å². The van der Waals surface area contributed by atoms with Gasteiger partial charge in [-0.25, -0.2) is 0 Å². The molecule has 50 heavy (non-hydrogen) atoms. The largest absolute Gasteiger partial charge is 0.394 e. The number of rotatable bonds is 16. The normalized spacial score (nSPS) is 43.8. The quantitative estimate of drug-likeness (QED) is 0.0535. The number of nitrogens with one attached hydrogen (secondary N) is 2. The molecule has 1 saturated carbocycles. The van der Waals surface area contributed by atoms with Gasteiger partial charge in [0.25, 0.3) is 0 Å². The van der Waals surface area contributed by atoms with Crippen LogP contribution in [0.5, 0.6) is 0 Å². The Balaban J connectivity index is 1.46. The van der Waals surface area contributed by atoms with Crippen molar-refractivity contribution in [3.8, 4) is 0 Å². The van der Waals surface area contributed by atoms with Crippen molar-refractivity contribution in [2.75, 3.05) is 31.3 Å². The minimum atomic E-state index is -1.70. The van der Waals surface area contributed by atoms with Crippen LogP contribution in [0, 0.1) is 0 Å². The van der Waals surface area contributed by atoms with Gasteiger partial charge >= 0.3 is 0 Å². The Morgan fingerprint density at radius 3 is 2.14 bits per heavy atom. The summed E-state index contributed by atoms with van der Waals surface area (Å²) in [7, 11) is 0. The molecule has 0 aromatic carbocycles. The highest BCUT2D eigenvalue weighted by atomic mass is 32.2. The zero-order valence-electron chi connectivity index (χ0n) is 28.5. The molecule has 3 aliphatic heterocycles. The predicted octanol–water partition coefficient (Wildman–Crippen LogP) is -4.30. The molecule has 0 bridgehead atoms. The van der Waals surface area contributed by atoms with Crippen LogP contribution in [0.1, 0.15) is 40.5 Å². The Morgan fingerprint density at radius 2 is 1.48 bits per heavy atom. The molecule has 0 aromatic heterocycles. The molecule has 0 aromatic rings. The Kier molecular flexibility index (Phi) is 15.4. The van der Waals surface area contributed by atoms with Gasteiger partial charge in [-0.15, -0.1) is 0 Å². The van der Waals surface area contributed by atoms with E-state index < -0.39 is 128 Å². The number of carbonyl (C=O) groups excluding carboxylic acids is 3. The van der Waals surface area contributed by atoms with Crippen molar-refractivity contribution in [3.05, 3.63) is 0 Å². The minimum Gasteiger partial charge on any atom is -0.394 e. The number of aliphatic hydroxyl groups is 7. The number of Topliss-reactive ketones (excluding diaryl/α,β-unsaturated/α-hetero) is 2. The molecule has 2 unspecified atom stereocenters. The maximum atomic E-state index is 12.0.